The van der Waals surface area contributed by atoms with Crippen LogP contribution in [0.1, 0.15) is 30.0 Å². The minimum atomic E-state index is 0.103. The zero-order valence-electron chi connectivity index (χ0n) is 13.6. The highest BCUT2D eigenvalue weighted by atomic mass is 16.2. The third-order valence-electron chi connectivity index (χ3n) is 4.56. The molecule has 1 aliphatic rings. The number of aryl methyl sites for hydroxylation is 1. The molecule has 0 radical (unpaired) electrons. The van der Waals surface area contributed by atoms with Gasteiger partial charge in [0.25, 0.3) is 0 Å². The lowest BCUT2D eigenvalue weighted by molar-refractivity contribution is -0.122. The maximum atomic E-state index is 12.1. The van der Waals surface area contributed by atoms with Gasteiger partial charge in [0.1, 0.15) is 0 Å². The van der Waals surface area contributed by atoms with Gasteiger partial charge < -0.3 is 5.32 Å². The van der Waals surface area contributed by atoms with Gasteiger partial charge in [-0.05, 0) is 37.0 Å². The van der Waals surface area contributed by atoms with Gasteiger partial charge >= 0.3 is 0 Å². The zero-order chi connectivity index (χ0) is 16.1. The molecule has 1 aliphatic heterocycles. The summed E-state index contributed by atoms with van der Waals surface area (Å²) in [6.45, 7) is 5.05. The highest BCUT2D eigenvalue weighted by Gasteiger charge is 2.21. The van der Waals surface area contributed by atoms with Gasteiger partial charge in [0.15, 0.2) is 0 Å². The molecule has 0 spiro atoms. The highest BCUT2D eigenvalue weighted by Crippen LogP contribution is 2.21. The number of rotatable bonds is 5. The van der Waals surface area contributed by atoms with Crippen molar-refractivity contribution < 1.29 is 4.79 Å². The fourth-order valence-corrected chi connectivity index (χ4v) is 3.10. The summed E-state index contributed by atoms with van der Waals surface area (Å²) in [6.07, 6.45) is 5.94. The average molecular weight is 312 g/mol. The summed E-state index contributed by atoms with van der Waals surface area (Å²) in [5.74, 6) is 0.103. The van der Waals surface area contributed by atoms with Crippen LogP contribution in [0.2, 0.25) is 0 Å². The van der Waals surface area contributed by atoms with E-state index in [0.29, 0.717) is 19.1 Å². The SMILES string of the molecule is Cc1ccccc1CNC(=O)CN1CCC(n2cccn2)CC1. The molecule has 5 nitrogen and oxygen atoms in total. The highest BCUT2D eigenvalue weighted by molar-refractivity contribution is 5.78. The van der Waals surface area contributed by atoms with Gasteiger partial charge in [-0.25, -0.2) is 0 Å². The van der Waals surface area contributed by atoms with Gasteiger partial charge in [0, 0.05) is 32.0 Å². The Labute approximate surface area is 137 Å². The van der Waals surface area contributed by atoms with E-state index in [9.17, 15) is 4.79 Å². The van der Waals surface area contributed by atoms with E-state index >= 15 is 0 Å². The van der Waals surface area contributed by atoms with Crippen LogP contribution in [0.15, 0.2) is 42.7 Å². The molecule has 1 fully saturated rings. The predicted molar refractivity (Wildman–Crippen MR) is 90.0 cm³/mol. The second-order valence-electron chi connectivity index (χ2n) is 6.20. The van der Waals surface area contributed by atoms with Crippen molar-refractivity contribution >= 4 is 5.91 Å². The van der Waals surface area contributed by atoms with Crippen molar-refractivity contribution in [3.8, 4) is 0 Å². The number of carbonyl (C=O) groups excluding carboxylic acids is 1. The number of hydrogen-bond acceptors (Lipinski definition) is 3. The summed E-state index contributed by atoms with van der Waals surface area (Å²) in [4.78, 5) is 14.4. The van der Waals surface area contributed by atoms with Crippen LogP contribution < -0.4 is 5.32 Å². The maximum Gasteiger partial charge on any atom is 0.234 e. The van der Waals surface area contributed by atoms with Crippen LogP contribution in [-0.2, 0) is 11.3 Å². The van der Waals surface area contributed by atoms with Crippen molar-refractivity contribution in [3.05, 3.63) is 53.9 Å². The number of nitrogens with zero attached hydrogens (tertiary/aromatic N) is 3. The van der Waals surface area contributed by atoms with Gasteiger partial charge in [0.2, 0.25) is 5.91 Å². The Kier molecular flexibility index (Phi) is 5.08. The van der Waals surface area contributed by atoms with E-state index in [1.165, 1.54) is 11.1 Å². The largest absolute Gasteiger partial charge is 0.351 e. The van der Waals surface area contributed by atoms with Crippen LogP contribution in [-0.4, -0.2) is 40.2 Å². The van der Waals surface area contributed by atoms with Crippen molar-refractivity contribution in [2.45, 2.75) is 32.4 Å². The fraction of sp³-hybridized carbons (Fsp3) is 0.444. The molecule has 3 rings (SSSR count). The molecule has 0 unspecified atom stereocenters. The van der Waals surface area contributed by atoms with Crippen molar-refractivity contribution in [2.24, 2.45) is 0 Å². The predicted octanol–water partition coefficient (Wildman–Crippen LogP) is 2.14. The van der Waals surface area contributed by atoms with Crippen LogP contribution in [0.5, 0.6) is 0 Å². The third-order valence-corrected chi connectivity index (χ3v) is 4.56. The van der Waals surface area contributed by atoms with Gasteiger partial charge in [-0.2, -0.15) is 5.10 Å². The monoisotopic (exact) mass is 312 g/mol. The maximum absolute atomic E-state index is 12.1. The quantitative estimate of drug-likeness (QED) is 0.920. The summed E-state index contributed by atoms with van der Waals surface area (Å²) in [5.41, 5.74) is 2.39. The Bertz CT molecular complexity index is 630. The minimum Gasteiger partial charge on any atom is -0.351 e. The standard InChI is InChI=1S/C18H24N4O/c1-15-5-2-3-6-16(15)13-19-18(23)14-21-11-7-17(8-12-21)22-10-4-9-20-22/h2-6,9-10,17H,7-8,11-14H2,1H3,(H,19,23). The molecular formula is C18H24N4O. The average Bonchev–Trinajstić information content (AvgIpc) is 3.09. The molecule has 122 valence electrons. The molecular weight excluding hydrogens is 288 g/mol. The number of nitrogens with one attached hydrogen (secondary N) is 1. The van der Waals surface area contributed by atoms with Crippen LogP contribution >= 0.6 is 0 Å². The normalized spacial score (nSPS) is 16.4. The number of piperidine rings is 1. The van der Waals surface area contributed by atoms with Gasteiger partial charge in [-0.1, -0.05) is 24.3 Å². The van der Waals surface area contributed by atoms with Crippen LogP contribution in [0.4, 0.5) is 0 Å². The number of benzene rings is 1. The molecule has 1 N–H and O–H groups in total. The molecule has 23 heavy (non-hydrogen) atoms. The zero-order valence-corrected chi connectivity index (χ0v) is 13.6. The number of carbonyl (C=O) groups is 1. The van der Waals surface area contributed by atoms with Gasteiger partial charge in [-0.15, -0.1) is 0 Å². The molecule has 0 aliphatic carbocycles. The van der Waals surface area contributed by atoms with Crippen molar-refractivity contribution in [3.63, 3.8) is 0 Å². The van der Waals surface area contributed by atoms with E-state index in [2.05, 4.69) is 34.4 Å². The molecule has 5 heteroatoms. The molecule has 2 heterocycles. The Balaban J connectivity index is 1.42. The van der Waals surface area contributed by atoms with Gasteiger partial charge in [-0.3, -0.25) is 14.4 Å². The lowest BCUT2D eigenvalue weighted by Crippen LogP contribution is -2.41. The molecule has 2 aromatic rings. The molecule has 1 amide bonds. The number of aromatic nitrogens is 2. The second kappa shape index (κ2) is 7.42. The molecule has 0 saturated carbocycles. The summed E-state index contributed by atoms with van der Waals surface area (Å²) < 4.78 is 2.04. The summed E-state index contributed by atoms with van der Waals surface area (Å²) >= 11 is 0. The van der Waals surface area contributed by atoms with Crippen molar-refractivity contribution in [1.29, 1.82) is 0 Å². The number of likely N-dealkylation sites (tertiary alicyclic amines) is 1. The van der Waals surface area contributed by atoms with E-state index in [-0.39, 0.29) is 5.91 Å². The minimum absolute atomic E-state index is 0.103. The van der Waals surface area contributed by atoms with E-state index in [1.54, 1.807) is 0 Å². The Hall–Kier alpha value is -2.14. The smallest absolute Gasteiger partial charge is 0.234 e. The first-order chi connectivity index (χ1) is 11.2. The first-order valence-electron chi connectivity index (χ1n) is 8.25. The Morgan fingerprint density at radius 1 is 1.26 bits per heavy atom. The third kappa shape index (κ3) is 4.20. The molecule has 1 aromatic heterocycles. The van der Waals surface area contributed by atoms with Crippen molar-refractivity contribution in [2.75, 3.05) is 19.6 Å². The lowest BCUT2D eigenvalue weighted by Gasteiger charge is -2.31. The number of hydrogen-bond donors (Lipinski definition) is 1. The molecule has 0 atom stereocenters. The second-order valence-corrected chi connectivity index (χ2v) is 6.20. The Morgan fingerprint density at radius 2 is 2.04 bits per heavy atom. The molecule has 1 saturated heterocycles. The Morgan fingerprint density at radius 3 is 2.74 bits per heavy atom. The summed E-state index contributed by atoms with van der Waals surface area (Å²) in [6, 6.07) is 10.6. The lowest BCUT2D eigenvalue weighted by atomic mass is 10.1. The van der Waals surface area contributed by atoms with Gasteiger partial charge in [0.05, 0.1) is 12.6 Å². The van der Waals surface area contributed by atoms with E-state index < -0.39 is 0 Å². The van der Waals surface area contributed by atoms with E-state index in [4.69, 9.17) is 0 Å². The van der Waals surface area contributed by atoms with Crippen LogP contribution in [0, 0.1) is 6.92 Å². The first kappa shape index (κ1) is 15.7. The number of amides is 1. The summed E-state index contributed by atoms with van der Waals surface area (Å²) in [7, 11) is 0. The van der Waals surface area contributed by atoms with E-state index in [0.717, 1.165) is 25.9 Å². The first-order valence-corrected chi connectivity index (χ1v) is 8.25. The van der Waals surface area contributed by atoms with Crippen LogP contribution in [0.25, 0.3) is 0 Å². The van der Waals surface area contributed by atoms with Crippen molar-refractivity contribution in [1.82, 2.24) is 20.0 Å². The molecule has 0 bridgehead atoms. The van der Waals surface area contributed by atoms with Crippen LogP contribution in [0.3, 0.4) is 0 Å². The van der Waals surface area contributed by atoms with E-state index in [1.807, 2.05) is 35.3 Å². The molecule has 1 aromatic carbocycles. The fourth-order valence-electron chi connectivity index (χ4n) is 3.10. The topological polar surface area (TPSA) is 50.2 Å². The summed E-state index contributed by atoms with van der Waals surface area (Å²) in [5, 5.41) is 7.34.